The minimum absolute atomic E-state index is 0.683. The molecule has 0 aromatic heterocycles. The van der Waals surface area contributed by atoms with Gasteiger partial charge in [-0.3, -0.25) is 9.01 Å². The normalized spacial score (nSPS) is 13.2. The zero-order valence-corrected chi connectivity index (χ0v) is 12.3. The quantitative estimate of drug-likeness (QED) is 0.656. The SMILES string of the molecule is c1ccc(CCOc2ccc(CC3=NOSN3)cc2)cc1. The summed E-state index contributed by atoms with van der Waals surface area (Å²) in [6, 6.07) is 18.4. The fourth-order valence-corrected chi connectivity index (χ4v) is 2.42. The molecule has 2 aromatic carbocycles. The molecule has 0 amide bonds. The van der Waals surface area contributed by atoms with E-state index in [1.165, 1.54) is 11.1 Å². The summed E-state index contributed by atoms with van der Waals surface area (Å²) in [5.41, 5.74) is 2.46. The smallest absolute Gasteiger partial charge is 0.208 e. The second-order valence-electron chi connectivity index (χ2n) is 4.70. The van der Waals surface area contributed by atoms with E-state index >= 15 is 0 Å². The first-order valence-electron chi connectivity index (χ1n) is 6.81. The molecule has 0 unspecified atom stereocenters. The predicted octanol–water partition coefficient (Wildman–Crippen LogP) is 3.35. The number of nitrogens with one attached hydrogen (secondary N) is 1. The lowest BCUT2D eigenvalue weighted by atomic mass is 10.1. The fourth-order valence-electron chi connectivity index (χ4n) is 2.05. The van der Waals surface area contributed by atoms with Crippen molar-refractivity contribution in [2.75, 3.05) is 6.61 Å². The maximum absolute atomic E-state index is 5.76. The van der Waals surface area contributed by atoms with E-state index in [4.69, 9.17) is 9.02 Å². The highest BCUT2D eigenvalue weighted by atomic mass is 32.2. The first-order valence-corrected chi connectivity index (χ1v) is 7.55. The monoisotopic (exact) mass is 300 g/mol. The van der Waals surface area contributed by atoms with Gasteiger partial charge in [-0.05, 0) is 23.3 Å². The van der Waals surface area contributed by atoms with Gasteiger partial charge in [0.1, 0.15) is 5.75 Å². The standard InChI is InChI=1S/C16H16N2O2S/c1-2-4-13(5-3-1)10-11-19-15-8-6-14(7-9-15)12-16-17-20-21-18-16/h1-9H,10-12H2,(H,17,18). The number of nitrogens with zero attached hydrogens (tertiary/aromatic N) is 1. The third kappa shape index (κ3) is 4.16. The Kier molecular flexibility index (Phi) is 4.63. The van der Waals surface area contributed by atoms with Crippen LogP contribution >= 0.6 is 12.2 Å². The molecule has 1 aliphatic heterocycles. The van der Waals surface area contributed by atoms with E-state index in [2.05, 4.69) is 22.0 Å². The van der Waals surface area contributed by atoms with E-state index in [0.717, 1.165) is 36.7 Å². The minimum Gasteiger partial charge on any atom is -0.493 e. The highest BCUT2D eigenvalue weighted by Gasteiger charge is 2.08. The van der Waals surface area contributed by atoms with E-state index in [1.807, 2.05) is 42.5 Å². The zero-order chi connectivity index (χ0) is 14.3. The lowest BCUT2D eigenvalue weighted by Gasteiger charge is -2.07. The lowest BCUT2D eigenvalue weighted by molar-refractivity contribution is 0.322. The highest BCUT2D eigenvalue weighted by Crippen LogP contribution is 2.15. The number of amidine groups is 1. The molecule has 0 atom stereocenters. The van der Waals surface area contributed by atoms with Gasteiger partial charge in [-0.1, -0.05) is 47.6 Å². The van der Waals surface area contributed by atoms with Crippen molar-refractivity contribution in [3.63, 3.8) is 0 Å². The van der Waals surface area contributed by atoms with Crippen molar-refractivity contribution in [1.82, 2.24) is 4.72 Å². The molecule has 108 valence electrons. The van der Waals surface area contributed by atoms with Crippen LogP contribution in [0, 0.1) is 0 Å². The zero-order valence-electron chi connectivity index (χ0n) is 11.5. The molecule has 0 fully saturated rings. The molecule has 1 N–H and O–H groups in total. The summed E-state index contributed by atoms with van der Waals surface area (Å²) in [7, 11) is 0. The van der Waals surface area contributed by atoms with Crippen LogP contribution < -0.4 is 9.46 Å². The Morgan fingerprint density at radius 2 is 1.81 bits per heavy atom. The Bertz CT molecular complexity index is 599. The Hall–Kier alpha value is -2.14. The van der Waals surface area contributed by atoms with Crippen LogP contribution in [0.2, 0.25) is 0 Å². The Morgan fingerprint density at radius 1 is 1.00 bits per heavy atom. The van der Waals surface area contributed by atoms with Crippen LogP contribution in [0.4, 0.5) is 0 Å². The molecule has 1 heterocycles. The molecule has 0 saturated carbocycles. The van der Waals surface area contributed by atoms with Crippen LogP contribution in [0.25, 0.3) is 0 Å². The van der Waals surface area contributed by atoms with Crippen molar-refractivity contribution in [1.29, 1.82) is 0 Å². The molecule has 0 aliphatic carbocycles. The second kappa shape index (κ2) is 7.04. The maximum Gasteiger partial charge on any atom is 0.208 e. The van der Waals surface area contributed by atoms with E-state index < -0.39 is 0 Å². The van der Waals surface area contributed by atoms with Crippen molar-refractivity contribution in [2.24, 2.45) is 5.16 Å². The molecule has 4 nitrogen and oxygen atoms in total. The number of oxime groups is 1. The summed E-state index contributed by atoms with van der Waals surface area (Å²) < 4.78 is 13.6. The van der Waals surface area contributed by atoms with Crippen molar-refractivity contribution in [2.45, 2.75) is 12.8 Å². The molecule has 1 aliphatic rings. The van der Waals surface area contributed by atoms with Crippen LogP contribution in [0.15, 0.2) is 59.8 Å². The number of rotatable bonds is 6. The van der Waals surface area contributed by atoms with Crippen LogP contribution in [0.5, 0.6) is 5.75 Å². The number of ether oxygens (including phenoxy) is 1. The Balaban J connectivity index is 1.48. The van der Waals surface area contributed by atoms with Gasteiger partial charge in [-0.15, -0.1) is 0 Å². The van der Waals surface area contributed by atoms with Crippen molar-refractivity contribution in [3.05, 3.63) is 65.7 Å². The van der Waals surface area contributed by atoms with Crippen molar-refractivity contribution in [3.8, 4) is 5.75 Å². The summed E-state index contributed by atoms with van der Waals surface area (Å²) in [5, 5.41) is 3.87. The average molecular weight is 300 g/mol. The molecule has 3 rings (SSSR count). The van der Waals surface area contributed by atoms with Gasteiger partial charge in [0.05, 0.1) is 6.61 Å². The predicted molar refractivity (Wildman–Crippen MR) is 85.0 cm³/mol. The van der Waals surface area contributed by atoms with E-state index in [0.29, 0.717) is 6.61 Å². The third-order valence-corrected chi connectivity index (χ3v) is 3.61. The first-order chi connectivity index (χ1) is 10.4. The van der Waals surface area contributed by atoms with Gasteiger partial charge in [0.15, 0.2) is 5.84 Å². The van der Waals surface area contributed by atoms with Crippen molar-refractivity contribution >= 4 is 18.1 Å². The van der Waals surface area contributed by atoms with Crippen LogP contribution in [0.3, 0.4) is 0 Å². The van der Waals surface area contributed by atoms with E-state index in [-0.39, 0.29) is 0 Å². The lowest BCUT2D eigenvalue weighted by Crippen LogP contribution is -2.13. The molecule has 0 spiro atoms. The van der Waals surface area contributed by atoms with Crippen molar-refractivity contribution < 1.29 is 9.02 Å². The summed E-state index contributed by atoms with van der Waals surface area (Å²) in [6.45, 7) is 0.683. The summed E-state index contributed by atoms with van der Waals surface area (Å²) in [6.07, 6.45) is 1.65. The number of hydrogen-bond acceptors (Lipinski definition) is 5. The molecule has 5 heteroatoms. The maximum atomic E-state index is 5.76. The molecule has 21 heavy (non-hydrogen) atoms. The number of benzene rings is 2. The minimum atomic E-state index is 0.683. The van der Waals surface area contributed by atoms with Crippen LogP contribution in [0.1, 0.15) is 11.1 Å². The number of hydrogen-bond donors (Lipinski definition) is 1. The molecular formula is C16H16N2O2S. The first kappa shape index (κ1) is 13.8. The molecule has 0 saturated heterocycles. The molecule has 2 aromatic rings. The van der Waals surface area contributed by atoms with Gasteiger partial charge in [-0.2, -0.15) is 0 Å². The van der Waals surface area contributed by atoms with E-state index in [1.54, 1.807) is 0 Å². The molecule has 0 bridgehead atoms. The van der Waals surface area contributed by atoms with Gasteiger partial charge < -0.3 is 4.74 Å². The summed E-state index contributed by atoms with van der Waals surface area (Å²) in [5.74, 6) is 1.72. The summed E-state index contributed by atoms with van der Waals surface area (Å²) in [4.78, 5) is 0. The highest BCUT2D eigenvalue weighted by molar-refractivity contribution is 7.93. The van der Waals surface area contributed by atoms with Gasteiger partial charge >= 0.3 is 0 Å². The largest absolute Gasteiger partial charge is 0.493 e. The van der Waals surface area contributed by atoms with E-state index in [9.17, 15) is 0 Å². The Morgan fingerprint density at radius 3 is 2.52 bits per heavy atom. The van der Waals surface area contributed by atoms with Gasteiger partial charge in [0.25, 0.3) is 0 Å². The fraction of sp³-hybridized carbons (Fsp3) is 0.188. The molecule has 0 radical (unpaired) electrons. The average Bonchev–Trinajstić information content (AvgIpc) is 3.03. The van der Waals surface area contributed by atoms with Gasteiger partial charge in [0.2, 0.25) is 12.2 Å². The third-order valence-electron chi connectivity index (χ3n) is 3.14. The molecular weight excluding hydrogens is 284 g/mol. The Labute approximate surface area is 128 Å². The summed E-state index contributed by atoms with van der Waals surface area (Å²) >= 11 is 1.14. The van der Waals surface area contributed by atoms with Gasteiger partial charge in [-0.25, -0.2) is 0 Å². The van der Waals surface area contributed by atoms with Crippen LogP contribution in [-0.2, 0) is 17.1 Å². The van der Waals surface area contributed by atoms with Crippen LogP contribution in [-0.4, -0.2) is 12.4 Å². The topological polar surface area (TPSA) is 42.9 Å². The van der Waals surface area contributed by atoms with Gasteiger partial charge in [0, 0.05) is 12.8 Å². The second-order valence-corrected chi connectivity index (χ2v) is 5.22.